The van der Waals surface area contributed by atoms with E-state index >= 15 is 0 Å². The van der Waals surface area contributed by atoms with Crippen LogP contribution in [-0.4, -0.2) is 32.6 Å². The topological polar surface area (TPSA) is 99.5 Å². The van der Waals surface area contributed by atoms with Crippen LogP contribution in [0.1, 0.15) is 43.1 Å². The number of pyridine rings is 1. The van der Waals surface area contributed by atoms with Gasteiger partial charge in [-0.05, 0) is 30.9 Å². The van der Waals surface area contributed by atoms with E-state index in [0.717, 1.165) is 19.3 Å². The Balaban J connectivity index is 2.27. The highest BCUT2D eigenvalue weighted by molar-refractivity contribution is 5.98. The highest BCUT2D eigenvalue weighted by Crippen LogP contribution is 2.34. The van der Waals surface area contributed by atoms with Gasteiger partial charge in [-0.15, -0.1) is 0 Å². The second-order valence-corrected chi connectivity index (χ2v) is 5.25. The first-order valence-corrected chi connectivity index (χ1v) is 6.67. The minimum atomic E-state index is -1.28. The number of nitrogens with zero attached hydrogens (tertiary/aromatic N) is 1. The van der Waals surface area contributed by atoms with Crippen molar-refractivity contribution >= 4 is 11.9 Å². The van der Waals surface area contributed by atoms with Gasteiger partial charge >= 0.3 is 5.97 Å². The molecule has 1 aliphatic carbocycles. The predicted octanol–water partition coefficient (Wildman–Crippen LogP) is 1.55. The quantitative estimate of drug-likeness (QED) is 0.779. The van der Waals surface area contributed by atoms with Gasteiger partial charge in [0.15, 0.2) is 5.69 Å². The van der Waals surface area contributed by atoms with Crippen molar-refractivity contribution in [2.75, 3.05) is 0 Å². The molecule has 2 rings (SSSR count). The molecule has 1 amide bonds. The molecule has 2 unspecified atom stereocenters. The fourth-order valence-corrected chi connectivity index (χ4v) is 2.74. The molecule has 2 atom stereocenters. The lowest BCUT2D eigenvalue weighted by molar-refractivity contribution is -0.148. The number of carbonyl (C=O) groups excluding carboxylic acids is 1. The summed E-state index contributed by atoms with van der Waals surface area (Å²) >= 11 is 0. The largest absolute Gasteiger partial charge is 0.505 e. The zero-order valence-corrected chi connectivity index (χ0v) is 11.3. The van der Waals surface area contributed by atoms with E-state index in [1.54, 1.807) is 0 Å². The summed E-state index contributed by atoms with van der Waals surface area (Å²) in [5, 5.41) is 21.7. The molecule has 0 spiro atoms. The SMILES string of the molecule is CC1CCCCC1(NC(=O)c1ncccc1O)C(=O)O. The maximum Gasteiger partial charge on any atom is 0.329 e. The van der Waals surface area contributed by atoms with Crippen LogP contribution in [-0.2, 0) is 4.79 Å². The Labute approximate surface area is 116 Å². The number of hydrogen-bond acceptors (Lipinski definition) is 4. The standard InChI is InChI=1S/C14H18N2O4/c1-9-5-2-3-7-14(9,13(19)20)16-12(18)11-10(17)6-4-8-15-11/h4,6,8-9,17H,2-3,5,7H2,1H3,(H,16,18)(H,19,20). The number of aromatic nitrogens is 1. The summed E-state index contributed by atoms with van der Waals surface area (Å²) in [4.78, 5) is 27.6. The van der Waals surface area contributed by atoms with Crippen molar-refractivity contribution in [3.63, 3.8) is 0 Å². The van der Waals surface area contributed by atoms with E-state index in [4.69, 9.17) is 0 Å². The lowest BCUT2D eigenvalue weighted by atomic mass is 9.73. The first-order chi connectivity index (χ1) is 9.47. The smallest absolute Gasteiger partial charge is 0.329 e. The molecule has 6 nitrogen and oxygen atoms in total. The fourth-order valence-electron chi connectivity index (χ4n) is 2.74. The summed E-state index contributed by atoms with van der Waals surface area (Å²) in [5.74, 6) is -2.11. The lowest BCUT2D eigenvalue weighted by Gasteiger charge is -2.39. The minimum absolute atomic E-state index is 0.147. The molecular weight excluding hydrogens is 260 g/mol. The molecule has 1 aromatic rings. The third kappa shape index (κ3) is 2.45. The number of hydrogen-bond donors (Lipinski definition) is 3. The molecule has 3 N–H and O–H groups in total. The molecule has 1 fully saturated rings. The molecule has 0 bridgehead atoms. The Morgan fingerprint density at radius 2 is 2.20 bits per heavy atom. The molecule has 108 valence electrons. The van der Waals surface area contributed by atoms with Gasteiger partial charge in [0.25, 0.3) is 5.91 Å². The molecule has 1 aromatic heterocycles. The molecule has 0 aromatic carbocycles. The van der Waals surface area contributed by atoms with Crippen LogP contribution in [0, 0.1) is 5.92 Å². The van der Waals surface area contributed by atoms with Crippen LogP contribution >= 0.6 is 0 Å². The normalized spacial score (nSPS) is 25.9. The second kappa shape index (κ2) is 5.48. The summed E-state index contributed by atoms with van der Waals surface area (Å²) in [6, 6.07) is 2.85. The molecule has 0 saturated heterocycles. The Hall–Kier alpha value is -2.11. The Morgan fingerprint density at radius 3 is 2.80 bits per heavy atom. The molecule has 1 saturated carbocycles. The predicted molar refractivity (Wildman–Crippen MR) is 71.4 cm³/mol. The second-order valence-electron chi connectivity index (χ2n) is 5.25. The van der Waals surface area contributed by atoms with E-state index in [-0.39, 0.29) is 17.4 Å². The van der Waals surface area contributed by atoms with Crippen LogP contribution in [0.25, 0.3) is 0 Å². The van der Waals surface area contributed by atoms with E-state index in [2.05, 4.69) is 10.3 Å². The third-order valence-corrected chi connectivity index (χ3v) is 4.02. The molecule has 1 aliphatic rings. The van der Waals surface area contributed by atoms with Gasteiger partial charge in [-0.3, -0.25) is 4.79 Å². The highest BCUT2D eigenvalue weighted by Gasteiger charge is 2.46. The molecule has 1 heterocycles. The van der Waals surface area contributed by atoms with Crippen LogP contribution in [0.15, 0.2) is 18.3 Å². The van der Waals surface area contributed by atoms with E-state index in [1.807, 2.05) is 6.92 Å². The number of aromatic hydroxyl groups is 1. The molecule has 0 radical (unpaired) electrons. The van der Waals surface area contributed by atoms with Crippen LogP contribution in [0.5, 0.6) is 5.75 Å². The Bertz CT molecular complexity index is 532. The monoisotopic (exact) mass is 278 g/mol. The number of amides is 1. The van der Waals surface area contributed by atoms with Crippen LogP contribution < -0.4 is 5.32 Å². The number of carboxylic acid groups (broad SMARTS) is 1. The van der Waals surface area contributed by atoms with E-state index in [1.165, 1.54) is 18.3 Å². The Morgan fingerprint density at radius 1 is 1.45 bits per heavy atom. The van der Waals surface area contributed by atoms with Gasteiger partial charge in [0, 0.05) is 6.20 Å². The van der Waals surface area contributed by atoms with E-state index in [0.29, 0.717) is 6.42 Å². The van der Waals surface area contributed by atoms with Crippen molar-refractivity contribution in [3.8, 4) is 5.75 Å². The summed E-state index contributed by atoms with van der Waals surface area (Å²) in [6.07, 6.45) is 4.24. The fraction of sp³-hybridized carbons (Fsp3) is 0.500. The van der Waals surface area contributed by atoms with Crippen LogP contribution in [0.3, 0.4) is 0 Å². The first-order valence-electron chi connectivity index (χ1n) is 6.67. The van der Waals surface area contributed by atoms with Gasteiger partial charge in [0.05, 0.1) is 0 Å². The number of rotatable bonds is 3. The summed E-state index contributed by atoms with van der Waals surface area (Å²) in [6.45, 7) is 1.83. The highest BCUT2D eigenvalue weighted by atomic mass is 16.4. The third-order valence-electron chi connectivity index (χ3n) is 4.02. The van der Waals surface area contributed by atoms with Crippen molar-refractivity contribution in [3.05, 3.63) is 24.0 Å². The number of carbonyl (C=O) groups is 2. The average Bonchev–Trinajstić information content (AvgIpc) is 2.41. The van der Waals surface area contributed by atoms with Gasteiger partial charge in [-0.25, -0.2) is 9.78 Å². The average molecular weight is 278 g/mol. The van der Waals surface area contributed by atoms with Gasteiger partial charge in [-0.2, -0.15) is 0 Å². The van der Waals surface area contributed by atoms with Crippen molar-refractivity contribution in [1.29, 1.82) is 0 Å². The van der Waals surface area contributed by atoms with Crippen molar-refractivity contribution in [1.82, 2.24) is 10.3 Å². The summed E-state index contributed by atoms with van der Waals surface area (Å²) in [5.41, 5.74) is -1.43. The number of aliphatic carboxylic acids is 1. The lowest BCUT2D eigenvalue weighted by Crippen LogP contribution is -2.60. The van der Waals surface area contributed by atoms with E-state index in [9.17, 15) is 19.8 Å². The van der Waals surface area contributed by atoms with Gasteiger partial charge in [-0.1, -0.05) is 19.8 Å². The Kier molecular flexibility index (Phi) is 3.92. The molecule has 0 aliphatic heterocycles. The molecular formula is C14H18N2O4. The number of carboxylic acids is 1. The first kappa shape index (κ1) is 14.3. The van der Waals surface area contributed by atoms with Crippen molar-refractivity contribution in [2.24, 2.45) is 5.92 Å². The van der Waals surface area contributed by atoms with Gasteiger partial charge < -0.3 is 15.5 Å². The number of nitrogens with one attached hydrogen (secondary N) is 1. The summed E-state index contributed by atoms with van der Waals surface area (Å²) in [7, 11) is 0. The minimum Gasteiger partial charge on any atom is -0.505 e. The maximum atomic E-state index is 12.2. The maximum absolute atomic E-state index is 12.2. The molecule has 20 heavy (non-hydrogen) atoms. The zero-order valence-electron chi connectivity index (χ0n) is 11.3. The van der Waals surface area contributed by atoms with Gasteiger partial charge in [0.2, 0.25) is 0 Å². The van der Waals surface area contributed by atoms with Crippen LogP contribution in [0.2, 0.25) is 0 Å². The van der Waals surface area contributed by atoms with Crippen molar-refractivity contribution in [2.45, 2.75) is 38.1 Å². The molecule has 6 heteroatoms. The van der Waals surface area contributed by atoms with Crippen molar-refractivity contribution < 1.29 is 19.8 Å². The van der Waals surface area contributed by atoms with Gasteiger partial charge in [0.1, 0.15) is 11.3 Å². The van der Waals surface area contributed by atoms with Crippen LogP contribution in [0.4, 0.5) is 0 Å². The summed E-state index contributed by atoms with van der Waals surface area (Å²) < 4.78 is 0. The zero-order chi connectivity index (χ0) is 14.8. The van der Waals surface area contributed by atoms with E-state index < -0.39 is 17.4 Å².